The molecule has 2 heterocycles. The van der Waals surface area contributed by atoms with Crippen LogP contribution in [0.1, 0.15) is 0 Å². The SMILES string of the molecule is CS(=O)(=O)c1ccc(-c2oc3ccccc3c(=O)c2-c2cc(Cl)sc2Cl)cc1. The second-order valence-electron chi connectivity index (χ2n) is 6.17. The summed E-state index contributed by atoms with van der Waals surface area (Å²) in [6, 6.07) is 14.7. The third-order valence-electron chi connectivity index (χ3n) is 4.27. The van der Waals surface area contributed by atoms with Crippen molar-refractivity contribution in [3.8, 4) is 22.5 Å². The fourth-order valence-corrected chi connectivity index (χ4v) is 5.06. The predicted octanol–water partition coefficient (Wildman–Crippen LogP) is 5.90. The van der Waals surface area contributed by atoms with E-state index in [2.05, 4.69) is 0 Å². The van der Waals surface area contributed by atoms with E-state index in [0.717, 1.165) is 17.6 Å². The maximum atomic E-state index is 13.3. The summed E-state index contributed by atoms with van der Waals surface area (Å²) < 4.78 is 30.4. The molecule has 0 amide bonds. The fraction of sp³-hybridized carbons (Fsp3) is 0.0500. The molecule has 142 valence electrons. The molecule has 8 heteroatoms. The van der Waals surface area contributed by atoms with Gasteiger partial charge in [0.05, 0.1) is 20.2 Å². The van der Waals surface area contributed by atoms with E-state index in [0.29, 0.717) is 42.1 Å². The minimum atomic E-state index is -3.34. The number of para-hydroxylation sites is 1. The number of rotatable bonds is 3. The minimum absolute atomic E-state index is 0.178. The zero-order chi connectivity index (χ0) is 20.1. The van der Waals surface area contributed by atoms with Crippen LogP contribution in [0.15, 0.2) is 68.7 Å². The molecule has 0 radical (unpaired) electrons. The number of fused-ring (bicyclic) bond motifs is 1. The topological polar surface area (TPSA) is 64.3 Å². The summed E-state index contributed by atoms with van der Waals surface area (Å²) in [6.07, 6.45) is 1.14. The maximum absolute atomic E-state index is 13.3. The average molecular weight is 451 g/mol. The molecule has 4 rings (SSSR count). The highest BCUT2D eigenvalue weighted by atomic mass is 35.5. The molecule has 0 spiro atoms. The molecule has 2 aromatic heterocycles. The first-order valence-corrected chi connectivity index (χ1v) is 11.5. The van der Waals surface area contributed by atoms with Crippen LogP contribution in [-0.4, -0.2) is 14.7 Å². The van der Waals surface area contributed by atoms with Crippen LogP contribution in [0, 0.1) is 0 Å². The Morgan fingerprint density at radius 2 is 1.68 bits per heavy atom. The molecule has 0 bridgehead atoms. The molecule has 4 nitrogen and oxygen atoms in total. The first-order valence-electron chi connectivity index (χ1n) is 8.07. The molecule has 28 heavy (non-hydrogen) atoms. The Morgan fingerprint density at radius 3 is 2.29 bits per heavy atom. The molecule has 0 unspecified atom stereocenters. The Labute approximate surface area is 174 Å². The summed E-state index contributed by atoms with van der Waals surface area (Å²) >= 11 is 13.6. The van der Waals surface area contributed by atoms with E-state index < -0.39 is 9.84 Å². The van der Waals surface area contributed by atoms with Crippen LogP contribution in [0.3, 0.4) is 0 Å². The predicted molar refractivity (Wildman–Crippen MR) is 114 cm³/mol. The van der Waals surface area contributed by atoms with Gasteiger partial charge in [0, 0.05) is 17.4 Å². The van der Waals surface area contributed by atoms with Crippen molar-refractivity contribution in [2.75, 3.05) is 6.26 Å². The van der Waals surface area contributed by atoms with Gasteiger partial charge in [-0.2, -0.15) is 0 Å². The van der Waals surface area contributed by atoms with E-state index in [1.54, 1.807) is 42.5 Å². The normalized spacial score (nSPS) is 11.8. The average Bonchev–Trinajstić information content (AvgIpc) is 2.99. The third kappa shape index (κ3) is 3.37. The summed E-state index contributed by atoms with van der Waals surface area (Å²) in [6.45, 7) is 0. The summed E-state index contributed by atoms with van der Waals surface area (Å²) in [4.78, 5) is 13.4. The van der Waals surface area contributed by atoms with Crippen molar-refractivity contribution in [1.82, 2.24) is 0 Å². The largest absolute Gasteiger partial charge is 0.455 e. The summed E-state index contributed by atoms with van der Waals surface area (Å²) in [5.41, 5.74) is 1.53. The lowest BCUT2D eigenvalue weighted by Gasteiger charge is -2.10. The first-order chi connectivity index (χ1) is 13.3. The molecule has 0 atom stereocenters. The number of hydrogen-bond donors (Lipinski definition) is 0. The van der Waals surface area contributed by atoms with Gasteiger partial charge in [0.25, 0.3) is 0 Å². The lowest BCUT2D eigenvalue weighted by molar-refractivity contribution is 0.601. The van der Waals surface area contributed by atoms with Crippen molar-refractivity contribution in [1.29, 1.82) is 0 Å². The molecule has 0 saturated heterocycles. The quantitative estimate of drug-likeness (QED) is 0.389. The second-order valence-corrected chi connectivity index (χ2v) is 10.5. The molecule has 0 saturated carbocycles. The number of hydrogen-bond acceptors (Lipinski definition) is 5. The Bertz CT molecular complexity index is 1370. The van der Waals surface area contributed by atoms with E-state index in [1.165, 1.54) is 12.1 Å². The number of benzene rings is 2. The monoisotopic (exact) mass is 450 g/mol. The van der Waals surface area contributed by atoms with Gasteiger partial charge in [-0.15, -0.1) is 11.3 Å². The van der Waals surface area contributed by atoms with Crippen LogP contribution in [0.25, 0.3) is 33.4 Å². The zero-order valence-electron chi connectivity index (χ0n) is 14.4. The van der Waals surface area contributed by atoms with Crippen molar-refractivity contribution in [2.45, 2.75) is 4.90 Å². The van der Waals surface area contributed by atoms with E-state index in [1.807, 2.05) is 0 Å². The standard InChI is InChI=1S/C20H12Cl2O4S2/c1-28(24,25)12-8-6-11(7-9-12)19-17(14-10-16(21)27-20(14)22)18(23)13-4-2-3-5-15(13)26-19/h2-10H,1H3. The highest BCUT2D eigenvalue weighted by Crippen LogP contribution is 2.41. The van der Waals surface area contributed by atoms with Gasteiger partial charge in [0.15, 0.2) is 9.84 Å². The van der Waals surface area contributed by atoms with Crippen LogP contribution in [0.2, 0.25) is 8.67 Å². The molecular formula is C20H12Cl2O4S2. The Morgan fingerprint density at radius 1 is 1.00 bits per heavy atom. The lowest BCUT2D eigenvalue weighted by Crippen LogP contribution is -2.07. The van der Waals surface area contributed by atoms with E-state index in [4.69, 9.17) is 27.6 Å². The zero-order valence-corrected chi connectivity index (χ0v) is 17.5. The van der Waals surface area contributed by atoms with Gasteiger partial charge in [0.2, 0.25) is 5.43 Å². The highest BCUT2D eigenvalue weighted by molar-refractivity contribution is 7.90. The molecular weight excluding hydrogens is 439 g/mol. The summed E-state index contributed by atoms with van der Waals surface area (Å²) in [5.74, 6) is 0.306. The van der Waals surface area contributed by atoms with Crippen molar-refractivity contribution in [3.05, 3.63) is 73.5 Å². The second kappa shape index (κ2) is 7.04. The van der Waals surface area contributed by atoms with Crippen LogP contribution in [-0.2, 0) is 9.84 Å². The Kier molecular flexibility index (Phi) is 4.83. The van der Waals surface area contributed by atoms with Gasteiger partial charge < -0.3 is 4.42 Å². The number of thiophene rings is 1. The van der Waals surface area contributed by atoms with E-state index in [9.17, 15) is 13.2 Å². The minimum Gasteiger partial charge on any atom is -0.455 e. The van der Waals surface area contributed by atoms with E-state index >= 15 is 0 Å². The molecule has 0 aliphatic rings. The smallest absolute Gasteiger partial charge is 0.201 e. The van der Waals surface area contributed by atoms with Gasteiger partial charge in [0.1, 0.15) is 15.7 Å². The van der Waals surface area contributed by atoms with Crippen molar-refractivity contribution in [2.24, 2.45) is 0 Å². The van der Waals surface area contributed by atoms with Crippen molar-refractivity contribution < 1.29 is 12.8 Å². The van der Waals surface area contributed by atoms with Crippen molar-refractivity contribution in [3.63, 3.8) is 0 Å². The van der Waals surface area contributed by atoms with Crippen LogP contribution >= 0.6 is 34.5 Å². The molecule has 2 aromatic carbocycles. The van der Waals surface area contributed by atoms with Gasteiger partial charge in [-0.05, 0) is 42.5 Å². The molecule has 0 fully saturated rings. The Balaban J connectivity index is 2.06. The first kappa shape index (κ1) is 19.2. The van der Waals surface area contributed by atoms with Gasteiger partial charge in [-0.25, -0.2) is 8.42 Å². The number of halogens is 2. The van der Waals surface area contributed by atoms with Crippen molar-refractivity contribution >= 4 is 55.3 Å². The Hall–Kier alpha value is -2.12. The highest BCUT2D eigenvalue weighted by Gasteiger charge is 2.22. The van der Waals surface area contributed by atoms with Crippen LogP contribution in [0.4, 0.5) is 0 Å². The maximum Gasteiger partial charge on any atom is 0.201 e. The fourth-order valence-electron chi connectivity index (χ4n) is 2.95. The van der Waals surface area contributed by atoms with Crippen LogP contribution in [0.5, 0.6) is 0 Å². The third-order valence-corrected chi connectivity index (χ3v) is 6.88. The van der Waals surface area contributed by atoms with Gasteiger partial charge in [-0.1, -0.05) is 35.3 Å². The molecule has 0 N–H and O–H groups in total. The van der Waals surface area contributed by atoms with E-state index in [-0.39, 0.29) is 10.3 Å². The summed E-state index contributed by atoms with van der Waals surface area (Å²) in [5, 5.41) is 0.424. The molecule has 4 aromatic rings. The lowest BCUT2D eigenvalue weighted by atomic mass is 10.0. The van der Waals surface area contributed by atoms with Gasteiger partial charge >= 0.3 is 0 Å². The van der Waals surface area contributed by atoms with Crippen LogP contribution < -0.4 is 5.43 Å². The molecule has 0 aliphatic carbocycles. The van der Waals surface area contributed by atoms with Gasteiger partial charge in [-0.3, -0.25) is 4.79 Å². The summed E-state index contributed by atoms with van der Waals surface area (Å²) in [7, 11) is -3.34. The number of sulfone groups is 1. The molecule has 0 aliphatic heterocycles.